The number of nitrogens with zero attached hydrogens (tertiary/aromatic N) is 2. The summed E-state index contributed by atoms with van der Waals surface area (Å²) < 4.78 is 61.9. The number of benzene rings is 1. The number of thiazole rings is 1. The molecule has 1 amide bonds. The van der Waals surface area contributed by atoms with Gasteiger partial charge in [0.05, 0.1) is 30.1 Å². The third kappa shape index (κ3) is 4.25. The number of aliphatic hydroxyl groups is 1. The summed E-state index contributed by atoms with van der Waals surface area (Å²) >= 11 is 1.02. The topological polar surface area (TPSA) is 84.3 Å². The Labute approximate surface area is 196 Å². The summed E-state index contributed by atoms with van der Waals surface area (Å²) in [7, 11) is 0. The maximum Gasteiger partial charge on any atom is 0.424 e. The fraction of sp³-hybridized carbons (Fsp3) is 0.348. The van der Waals surface area contributed by atoms with E-state index >= 15 is 0 Å². The highest BCUT2D eigenvalue weighted by atomic mass is 32.1. The van der Waals surface area contributed by atoms with Crippen LogP contribution in [0.15, 0.2) is 36.5 Å². The van der Waals surface area contributed by atoms with Gasteiger partial charge < -0.3 is 15.2 Å². The van der Waals surface area contributed by atoms with E-state index in [-0.39, 0.29) is 22.9 Å². The Morgan fingerprint density at radius 3 is 2.53 bits per heavy atom. The summed E-state index contributed by atoms with van der Waals surface area (Å²) in [6.45, 7) is 4.26. The molecule has 0 bridgehead atoms. The summed E-state index contributed by atoms with van der Waals surface area (Å²) in [5.41, 5.74) is -4.07. The molecule has 0 fully saturated rings. The van der Waals surface area contributed by atoms with Crippen LogP contribution in [-0.4, -0.2) is 40.3 Å². The third-order valence-corrected chi connectivity index (χ3v) is 6.55. The van der Waals surface area contributed by atoms with Crippen molar-refractivity contribution < 1.29 is 32.2 Å². The number of amides is 1. The molecular weight excluding hydrogens is 474 g/mol. The Morgan fingerprint density at radius 2 is 1.94 bits per heavy atom. The molecule has 0 spiro atoms. The molecule has 2 aromatic heterocycles. The van der Waals surface area contributed by atoms with Crippen LogP contribution < -0.4 is 10.1 Å². The van der Waals surface area contributed by atoms with Crippen molar-refractivity contribution >= 4 is 17.2 Å². The van der Waals surface area contributed by atoms with Crippen molar-refractivity contribution in [2.45, 2.75) is 38.0 Å². The van der Waals surface area contributed by atoms with Gasteiger partial charge in [-0.1, -0.05) is 13.8 Å². The van der Waals surface area contributed by atoms with Gasteiger partial charge in [0.15, 0.2) is 0 Å². The first kappa shape index (κ1) is 24.1. The van der Waals surface area contributed by atoms with Crippen LogP contribution in [0.25, 0.3) is 11.3 Å². The molecule has 6 nitrogen and oxygen atoms in total. The molecule has 11 heteroatoms. The van der Waals surface area contributed by atoms with E-state index in [1.807, 2.05) is 0 Å². The molecule has 34 heavy (non-hydrogen) atoms. The lowest BCUT2D eigenvalue weighted by molar-refractivity contribution is -0.265. The van der Waals surface area contributed by atoms with Crippen molar-refractivity contribution in [2.24, 2.45) is 0 Å². The monoisotopic (exact) mass is 495 g/mol. The standard InChI is InChI=1S/C23H21F4N3O3S/c1-12-28-9-16(34-12)20(31)29-10-22(32,23(25,26)27)17-8-15-19(33-11-21(15,2)3)18(30-17)13-4-6-14(24)7-5-13/h4-9,32H,10-11H2,1-3H3,(H,29,31)/t22-/m0/s1. The fourth-order valence-electron chi connectivity index (χ4n) is 3.63. The van der Waals surface area contributed by atoms with E-state index in [4.69, 9.17) is 4.74 Å². The largest absolute Gasteiger partial charge is 0.490 e. The van der Waals surface area contributed by atoms with Crippen molar-refractivity contribution in [3.8, 4) is 17.0 Å². The first-order valence-corrected chi connectivity index (χ1v) is 11.1. The normalized spacial score (nSPS) is 16.5. The van der Waals surface area contributed by atoms with E-state index in [0.29, 0.717) is 16.1 Å². The predicted octanol–water partition coefficient (Wildman–Crippen LogP) is 4.50. The van der Waals surface area contributed by atoms with E-state index in [2.05, 4.69) is 15.3 Å². The Kier molecular flexibility index (Phi) is 5.89. The average Bonchev–Trinajstić information content (AvgIpc) is 3.34. The first-order valence-electron chi connectivity index (χ1n) is 10.3. The smallest absolute Gasteiger partial charge is 0.424 e. The Morgan fingerprint density at radius 1 is 1.26 bits per heavy atom. The van der Waals surface area contributed by atoms with Crippen molar-refractivity contribution in [2.75, 3.05) is 13.2 Å². The number of aryl methyl sites for hydroxylation is 1. The second-order valence-corrected chi connectivity index (χ2v) is 9.93. The second-order valence-electron chi connectivity index (χ2n) is 8.70. The van der Waals surface area contributed by atoms with Gasteiger partial charge in [0.1, 0.15) is 22.1 Å². The lowest BCUT2D eigenvalue weighted by Crippen LogP contribution is -2.51. The van der Waals surface area contributed by atoms with Crippen LogP contribution in [0.4, 0.5) is 17.6 Å². The molecular formula is C23H21F4N3O3S. The highest BCUT2D eigenvalue weighted by Gasteiger charge is 2.57. The number of hydrogen-bond donors (Lipinski definition) is 2. The minimum Gasteiger partial charge on any atom is -0.490 e. The molecule has 0 aliphatic carbocycles. The van der Waals surface area contributed by atoms with Gasteiger partial charge in [-0.3, -0.25) is 4.79 Å². The number of halogens is 4. The first-order chi connectivity index (χ1) is 15.8. The van der Waals surface area contributed by atoms with E-state index < -0.39 is 41.2 Å². The van der Waals surface area contributed by atoms with Crippen LogP contribution in [0.2, 0.25) is 0 Å². The molecule has 0 saturated heterocycles. The SMILES string of the molecule is Cc1ncc(C(=O)NC[C@](O)(c2cc3c(c(-c4ccc(F)cc4)n2)OCC3(C)C)C(F)(F)F)s1. The molecule has 2 N–H and O–H groups in total. The second kappa shape index (κ2) is 8.31. The van der Waals surface area contributed by atoms with Crippen LogP contribution in [0.1, 0.15) is 39.8 Å². The van der Waals surface area contributed by atoms with Gasteiger partial charge in [-0.2, -0.15) is 13.2 Å². The predicted molar refractivity (Wildman–Crippen MR) is 117 cm³/mol. The van der Waals surface area contributed by atoms with Gasteiger partial charge in [0.2, 0.25) is 5.60 Å². The number of hydrogen-bond acceptors (Lipinski definition) is 6. The summed E-state index contributed by atoms with van der Waals surface area (Å²) in [5, 5.41) is 13.6. The summed E-state index contributed by atoms with van der Waals surface area (Å²) in [4.78, 5) is 20.5. The number of carbonyl (C=O) groups is 1. The molecule has 180 valence electrons. The quantitative estimate of drug-likeness (QED) is 0.509. The highest BCUT2D eigenvalue weighted by molar-refractivity contribution is 7.13. The zero-order valence-electron chi connectivity index (χ0n) is 18.5. The van der Waals surface area contributed by atoms with Crippen molar-refractivity contribution in [3.05, 3.63) is 63.5 Å². The number of rotatable bonds is 5. The van der Waals surface area contributed by atoms with Crippen molar-refractivity contribution in [1.82, 2.24) is 15.3 Å². The molecule has 3 aromatic rings. The summed E-state index contributed by atoms with van der Waals surface area (Å²) in [5.74, 6) is -1.04. The number of carbonyl (C=O) groups excluding carboxylic acids is 1. The Hall–Kier alpha value is -3.05. The van der Waals surface area contributed by atoms with Gasteiger partial charge in [-0.15, -0.1) is 11.3 Å². The summed E-state index contributed by atoms with van der Waals surface area (Å²) in [6.07, 6.45) is -3.92. The van der Waals surface area contributed by atoms with Crippen LogP contribution >= 0.6 is 11.3 Å². The molecule has 0 radical (unpaired) electrons. The van der Waals surface area contributed by atoms with E-state index in [1.54, 1.807) is 20.8 Å². The van der Waals surface area contributed by atoms with Crippen molar-refractivity contribution in [3.63, 3.8) is 0 Å². The zero-order valence-corrected chi connectivity index (χ0v) is 19.3. The molecule has 1 aromatic carbocycles. The number of fused-ring (bicyclic) bond motifs is 1. The van der Waals surface area contributed by atoms with Crippen LogP contribution in [0, 0.1) is 12.7 Å². The van der Waals surface area contributed by atoms with Crippen LogP contribution in [-0.2, 0) is 11.0 Å². The van der Waals surface area contributed by atoms with Crippen LogP contribution in [0.3, 0.4) is 0 Å². The molecule has 1 atom stereocenters. The molecule has 0 unspecified atom stereocenters. The average molecular weight is 495 g/mol. The van der Waals surface area contributed by atoms with Gasteiger partial charge >= 0.3 is 6.18 Å². The number of ether oxygens (including phenoxy) is 1. The molecule has 1 aliphatic heterocycles. The minimum atomic E-state index is -5.17. The van der Waals surface area contributed by atoms with E-state index in [0.717, 1.165) is 29.5 Å². The number of alkyl halides is 3. The van der Waals surface area contributed by atoms with Gasteiger partial charge in [-0.05, 0) is 37.3 Å². The van der Waals surface area contributed by atoms with Gasteiger partial charge in [0, 0.05) is 16.5 Å². The highest BCUT2D eigenvalue weighted by Crippen LogP contribution is 2.47. The maximum atomic E-state index is 14.2. The maximum absolute atomic E-state index is 14.2. The minimum absolute atomic E-state index is 0.0464. The molecule has 3 heterocycles. The number of pyridine rings is 1. The van der Waals surface area contributed by atoms with Gasteiger partial charge in [0.25, 0.3) is 5.91 Å². The van der Waals surface area contributed by atoms with Gasteiger partial charge in [-0.25, -0.2) is 14.4 Å². The lowest BCUT2D eigenvalue weighted by Gasteiger charge is -2.31. The Bertz CT molecular complexity index is 1240. The van der Waals surface area contributed by atoms with E-state index in [1.165, 1.54) is 18.3 Å². The van der Waals surface area contributed by atoms with Crippen molar-refractivity contribution in [1.29, 1.82) is 0 Å². The number of aromatic nitrogens is 2. The molecule has 1 aliphatic rings. The molecule has 0 saturated carbocycles. The van der Waals surface area contributed by atoms with E-state index in [9.17, 15) is 27.5 Å². The summed E-state index contributed by atoms with van der Waals surface area (Å²) in [6, 6.07) is 6.21. The Balaban J connectivity index is 1.81. The zero-order chi connectivity index (χ0) is 24.9. The molecule has 4 rings (SSSR count). The number of nitrogens with one attached hydrogen (secondary N) is 1. The lowest BCUT2D eigenvalue weighted by atomic mass is 9.84. The fourth-order valence-corrected chi connectivity index (χ4v) is 4.32. The van der Waals surface area contributed by atoms with Crippen LogP contribution in [0.5, 0.6) is 5.75 Å². The third-order valence-electron chi connectivity index (χ3n) is 5.64.